The maximum Gasteiger partial charge on any atom is 0.194 e. The molecule has 0 unspecified atom stereocenters. The lowest BCUT2D eigenvalue weighted by atomic mass is 9.83. The van der Waals surface area contributed by atoms with Gasteiger partial charge >= 0.3 is 0 Å². The van der Waals surface area contributed by atoms with Crippen LogP contribution in [0.2, 0.25) is 0 Å². The van der Waals surface area contributed by atoms with Crippen LogP contribution in [0.15, 0.2) is 71.7 Å². The predicted molar refractivity (Wildman–Crippen MR) is 96.3 cm³/mol. The summed E-state index contributed by atoms with van der Waals surface area (Å²) in [7, 11) is 1.54. The van der Waals surface area contributed by atoms with E-state index in [0.717, 1.165) is 11.1 Å². The Balaban J connectivity index is 1.96. The molecule has 0 amide bonds. The average Bonchev–Trinajstić information content (AvgIpc) is 2.66. The second-order valence-corrected chi connectivity index (χ2v) is 5.74. The van der Waals surface area contributed by atoms with Crippen LogP contribution in [0.4, 0.5) is 5.69 Å². The third-order valence-electron chi connectivity index (χ3n) is 4.27. The van der Waals surface area contributed by atoms with Crippen LogP contribution in [0.5, 0.6) is 11.5 Å². The first-order valence-electron chi connectivity index (χ1n) is 7.88. The van der Waals surface area contributed by atoms with Gasteiger partial charge in [-0.2, -0.15) is 0 Å². The highest BCUT2D eigenvalue weighted by atomic mass is 16.5. The molecule has 0 atom stereocenters. The first kappa shape index (κ1) is 15.1. The van der Waals surface area contributed by atoms with Gasteiger partial charge in [0.05, 0.1) is 12.8 Å². The Hall–Kier alpha value is -3.40. The minimum Gasteiger partial charge on any atom is -0.506 e. The molecule has 0 saturated carbocycles. The van der Waals surface area contributed by atoms with Gasteiger partial charge in [-0.3, -0.25) is 4.79 Å². The fourth-order valence-corrected chi connectivity index (χ4v) is 3.03. The fraction of sp³-hybridized carbons (Fsp3) is 0.0476. The molecule has 1 N–H and O–H groups in total. The van der Waals surface area contributed by atoms with Gasteiger partial charge < -0.3 is 9.84 Å². The van der Waals surface area contributed by atoms with Gasteiger partial charge in [-0.1, -0.05) is 48.5 Å². The van der Waals surface area contributed by atoms with Gasteiger partial charge in [0.1, 0.15) is 17.2 Å². The number of ether oxygens (including phenoxy) is 1. The highest BCUT2D eigenvalue weighted by Gasteiger charge is 2.27. The number of ketones is 1. The quantitative estimate of drug-likeness (QED) is 0.602. The van der Waals surface area contributed by atoms with Gasteiger partial charge in [-0.15, -0.1) is 0 Å². The van der Waals surface area contributed by atoms with Crippen molar-refractivity contribution in [1.29, 1.82) is 0 Å². The summed E-state index contributed by atoms with van der Waals surface area (Å²) in [5.41, 5.74) is 3.87. The van der Waals surface area contributed by atoms with Gasteiger partial charge in [0.15, 0.2) is 5.78 Å². The number of phenols is 1. The molecule has 0 radical (unpaired) electrons. The molecular formula is C21H15NO3. The summed E-state index contributed by atoms with van der Waals surface area (Å²) >= 11 is 0. The van der Waals surface area contributed by atoms with Crippen molar-refractivity contribution in [1.82, 2.24) is 0 Å². The van der Waals surface area contributed by atoms with Crippen molar-refractivity contribution in [2.75, 3.05) is 7.11 Å². The molecule has 25 heavy (non-hydrogen) atoms. The second kappa shape index (κ2) is 5.91. The molecule has 4 nitrogen and oxygen atoms in total. The summed E-state index contributed by atoms with van der Waals surface area (Å²) in [6, 6.07) is 19.8. The van der Waals surface area contributed by atoms with Crippen LogP contribution < -0.4 is 4.74 Å². The van der Waals surface area contributed by atoms with Gasteiger partial charge in [-0.25, -0.2) is 4.99 Å². The smallest absolute Gasteiger partial charge is 0.194 e. The van der Waals surface area contributed by atoms with Crippen LogP contribution in [0, 0.1) is 0 Å². The third-order valence-corrected chi connectivity index (χ3v) is 4.27. The zero-order valence-electron chi connectivity index (χ0n) is 13.6. The van der Waals surface area contributed by atoms with E-state index in [1.165, 1.54) is 6.07 Å². The Morgan fingerprint density at radius 2 is 1.40 bits per heavy atom. The Labute approximate surface area is 145 Å². The van der Waals surface area contributed by atoms with Crippen LogP contribution in [0.25, 0.3) is 0 Å². The number of carbonyl (C=O) groups is 1. The van der Waals surface area contributed by atoms with Gasteiger partial charge in [0, 0.05) is 28.3 Å². The molecule has 0 aliphatic heterocycles. The zero-order chi connectivity index (χ0) is 17.4. The Morgan fingerprint density at radius 3 is 1.92 bits per heavy atom. The van der Waals surface area contributed by atoms with E-state index in [1.807, 2.05) is 36.4 Å². The molecule has 1 aliphatic rings. The van der Waals surface area contributed by atoms with E-state index in [0.29, 0.717) is 28.3 Å². The van der Waals surface area contributed by atoms with Crippen molar-refractivity contribution in [2.45, 2.75) is 0 Å². The number of aliphatic imine (C=N–C) groups is 1. The molecule has 0 heterocycles. The second-order valence-electron chi connectivity index (χ2n) is 5.74. The zero-order valence-corrected chi connectivity index (χ0v) is 13.6. The number of hydrogen-bond acceptors (Lipinski definition) is 4. The number of benzene rings is 3. The number of nitrogens with zero attached hydrogens (tertiary/aromatic N) is 1. The molecule has 0 aromatic heterocycles. The van der Waals surface area contributed by atoms with Gasteiger partial charge in [0.25, 0.3) is 0 Å². The fourth-order valence-electron chi connectivity index (χ4n) is 3.03. The van der Waals surface area contributed by atoms with Crippen molar-refractivity contribution in [2.24, 2.45) is 4.99 Å². The number of phenolic OH excluding ortho intramolecular Hbond substituents is 1. The Morgan fingerprint density at radius 1 is 0.840 bits per heavy atom. The minimum atomic E-state index is -0.0101. The molecule has 0 fully saturated rings. The number of rotatable bonds is 2. The first-order chi connectivity index (χ1) is 12.2. The largest absolute Gasteiger partial charge is 0.506 e. The summed E-state index contributed by atoms with van der Waals surface area (Å²) in [6.45, 7) is 0. The van der Waals surface area contributed by atoms with E-state index in [4.69, 9.17) is 4.74 Å². The van der Waals surface area contributed by atoms with Crippen LogP contribution in [0.1, 0.15) is 27.0 Å². The number of carbonyl (C=O) groups excluding carboxylic acids is 1. The van der Waals surface area contributed by atoms with Crippen molar-refractivity contribution in [3.8, 4) is 11.5 Å². The van der Waals surface area contributed by atoms with E-state index in [9.17, 15) is 9.90 Å². The molecule has 122 valence electrons. The summed E-state index contributed by atoms with van der Waals surface area (Å²) < 4.78 is 5.11. The van der Waals surface area contributed by atoms with Crippen molar-refractivity contribution < 1.29 is 14.6 Å². The Kier molecular flexibility index (Phi) is 3.58. The molecule has 0 saturated heterocycles. The van der Waals surface area contributed by atoms with E-state index in [2.05, 4.69) is 4.99 Å². The van der Waals surface area contributed by atoms with Crippen LogP contribution in [-0.4, -0.2) is 23.7 Å². The normalized spacial score (nSPS) is 12.4. The molecule has 4 heteroatoms. The van der Waals surface area contributed by atoms with E-state index >= 15 is 0 Å². The van der Waals surface area contributed by atoms with E-state index in [-0.39, 0.29) is 11.5 Å². The molecular weight excluding hydrogens is 314 g/mol. The lowest BCUT2D eigenvalue weighted by Crippen LogP contribution is -2.21. The molecule has 4 rings (SSSR count). The van der Waals surface area contributed by atoms with Gasteiger partial charge in [0.2, 0.25) is 0 Å². The van der Waals surface area contributed by atoms with E-state index in [1.54, 1.807) is 31.4 Å². The van der Waals surface area contributed by atoms with Crippen molar-refractivity contribution in [3.05, 3.63) is 89.0 Å². The van der Waals surface area contributed by atoms with Crippen LogP contribution in [0.3, 0.4) is 0 Å². The highest BCUT2D eigenvalue weighted by molar-refractivity contribution is 6.30. The van der Waals surface area contributed by atoms with E-state index < -0.39 is 0 Å². The van der Waals surface area contributed by atoms with Crippen LogP contribution >= 0.6 is 0 Å². The molecule has 0 spiro atoms. The van der Waals surface area contributed by atoms with Crippen molar-refractivity contribution in [3.63, 3.8) is 0 Å². The third kappa shape index (κ3) is 2.48. The first-order valence-corrected chi connectivity index (χ1v) is 7.88. The number of methoxy groups -OCH3 is 1. The monoisotopic (exact) mass is 329 g/mol. The van der Waals surface area contributed by atoms with Crippen LogP contribution in [-0.2, 0) is 0 Å². The Bertz CT molecular complexity index is 970. The number of hydrogen-bond donors (Lipinski definition) is 1. The van der Waals surface area contributed by atoms with Crippen molar-refractivity contribution >= 4 is 17.2 Å². The minimum absolute atomic E-state index is 0.0101. The summed E-state index contributed by atoms with van der Waals surface area (Å²) in [6.07, 6.45) is 0. The molecule has 1 aliphatic carbocycles. The summed E-state index contributed by atoms with van der Waals surface area (Å²) in [5.74, 6) is 0.573. The molecule has 3 aromatic carbocycles. The number of fused-ring (bicyclic) bond motifs is 2. The summed E-state index contributed by atoms with van der Waals surface area (Å²) in [5, 5.41) is 10.2. The number of aromatic hydroxyl groups is 1. The average molecular weight is 329 g/mol. The maximum absolute atomic E-state index is 12.7. The molecule has 0 bridgehead atoms. The lowest BCUT2D eigenvalue weighted by molar-refractivity contribution is 0.103. The maximum atomic E-state index is 12.7. The standard InChI is InChI=1S/C21H15NO3/c1-25-13-10-11-18(19(23)12-13)22-20-14-6-2-4-8-16(14)21(24)17-9-5-3-7-15(17)20/h2-12,23H,1H3. The van der Waals surface area contributed by atoms with Gasteiger partial charge in [-0.05, 0) is 12.1 Å². The predicted octanol–water partition coefficient (Wildman–Crippen LogP) is 4.11. The lowest BCUT2D eigenvalue weighted by Gasteiger charge is -2.20. The highest BCUT2D eigenvalue weighted by Crippen LogP contribution is 2.34. The molecule has 3 aromatic rings. The SMILES string of the molecule is COc1ccc(N=C2c3ccccc3C(=O)c3ccccc32)c(O)c1. The topological polar surface area (TPSA) is 58.9 Å². The summed E-state index contributed by atoms with van der Waals surface area (Å²) in [4.78, 5) is 17.4.